The van der Waals surface area contributed by atoms with Gasteiger partial charge in [0.05, 0.1) is 30.6 Å². The highest BCUT2D eigenvalue weighted by Gasteiger charge is 2.34. The van der Waals surface area contributed by atoms with Gasteiger partial charge in [-0.3, -0.25) is 4.79 Å². The third-order valence-electron chi connectivity index (χ3n) is 4.96. The monoisotopic (exact) mass is 490 g/mol. The van der Waals surface area contributed by atoms with Crippen LogP contribution in [0.15, 0.2) is 24.5 Å². The predicted octanol–water partition coefficient (Wildman–Crippen LogP) is 2.79. The molecule has 0 aromatic carbocycles. The zero-order chi connectivity index (χ0) is 25.0. The Morgan fingerprint density at radius 3 is 2.59 bits per heavy atom. The van der Waals surface area contributed by atoms with Crippen molar-refractivity contribution in [2.45, 2.75) is 38.6 Å². The van der Waals surface area contributed by atoms with Gasteiger partial charge in [0.25, 0.3) is 5.91 Å². The molecular formula is C23H31ClN6O4. The van der Waals surface area contributed by atoms with E-state index in [-0.39, 0.29) is 22.9 Å². The highest BCUT2D eigenvalue weighted by molar-refractivity contribution is 6.29. The summed E-state index contributed by atoms with van der Waals surface area (Å²) < 4.78 is 11.9. The van der Waals surface area contributed by atoms with Crippen LogP contribution < -0.4 is 5.32 Å². The Hall–Kier alpha value is -2.82. The Bertz CT molecular complexity index is 1040. The van der Waals surface area contributed by atoms with Crippen LogP contribution in [-0.2, 0) is 9.47 Å². The lowest BCUT2D eigenvalue weighted by molar-refractivity contribution is -0.0947. The molecule has 1 saturated heterocycles. The maximum absolute atomic E-state index is 12.8. The Labute approximate surface area is 204 Å². The van der Waals surface area contributed by atoms with Gasteiger partial charge in [-0.05, 0) is 58.6 Å². The van der Waals surface area contributed by atoms with E-state index in [0.29, 0.717) is 31.0 Å². The minimum absolute atomic E-state index is 0.215. The summed E-state index contributed by atoms with van der Waals surface area (Å²) >= 11 is 6.35. The second-order valence-corrected chi connectivity index (χ2v) is 9.76. The number of nitrogens with zero attached hydrogens (tertiary/aromatic N) is 5. The van der Waals surface area contributed by atoms with Gasteiger partial charge in [-0.1, -0.05) is 11.6 Å². The molecule has 0 saturated carbocycles. The predicted molar refractivity (Wildman–Crippen MR) is 128 cm³/mol. The number of nitrogens with one attached hydrogen (secondary N) is 1. The number of likely N-dealkylation sites (N-methyl/N-ethyl adjacent to an activating group) is 1. The van der Waals surface area contributed by atoms with Crippen LogP contribution in [0.5, 0.6) is 0 Å². The number of hydrogen-bond acceptors (Lipinski definition) is 8. The van der Waals surface area contributed by atoms with Gasteiger partial charge in [-0.2, -0.15) is 0 Å². The molecule has 0 aliphatic carbocycles. The highest BCUT2D eigenvalue weighted by Crippen LogP contribution is 2.30. The molecule has 10 nitrogen and oxygen atoms in total. The van der Waals surface area contributed by atoms with E-state index < -0.39 is 17.8 Å². The lowest BCUT2D eigenvalue weighted by atomic mass is 10.1. The fraction of sp³-hybridized carbons (Fsp3) is 0.522. The van der Waals surface area contributed by atoms with Crippen molar-refractivity contribution in [1.82, 2.24) is 30.1 Å². The SMILES string of the molecule is CNC(=O)c1cc(-c2cc(C3CN(C(=O)OC(C)(C)C)CC(CN(C)C)O3)cc(Cl)n2)ncn1. The number of halogens is 1. The largest absolute Gasteiger partial charge is 0.444 e. The molecule has 3 heterocycles. The fourth-order valence-corrected chi connectivity index (χ4v) is 3.81. The topological polar surface area (TPSA) is 110 Å². The molecule has 2 amide bonds. The summed E-state index contributed by atoms with van der Waals surface area (Å²) in [4.78, 5) is 41.1. The standard InChI is InChI=1S/C23H31ClN6O4/c1-23(2,3)34-22(32)30-11-15(10-29(5)6)33-19(12-30)14-7-17(28-20(24)8-14)16-9-18(21(31)25-4)27-13-26-16/h7-9,13,15,19H,10-12H2,1-6H3,(H,25,31). The third-order valence-corrected chi connectivity index (χ3v) is 5.16. The number of carbonyl (C=O) groups excluding carboxylic acids is 2. The minimum atomic E-state index is -0.607. The number of pyridine rings is 1. The van der Waals surface area contributed by atoms with E-state index in [1.807, 2.05) is 39.8 Å². The summed E-state index contributed by atoms with van der Waals surface area (Å²) in [5.74, 6) is -0.332. The Kier molecular flexibility index (Phi) is 8.06. The Morgan fingerprint density at radius 1 is 1.21 bits per heavy atom. The quantitative estimate of drug-likeness (QED) is 0.637. The van der Waals surface area contributed by atoms with Crippen molar-refractivity contribution in [2.24, 2.45) is 0 Å². The van der Waals surface area contributed by atoms with Crippen molar-refractivity contribution in [3.05, 3.63) is 40.9 Å². The smallest absolute Gasteiger partial charge is 0.410 e. The maximum Gasteiger partial charge on any atom is 0.410 e. The summed E-state index contributed by atoms with van der Waals surface area (Å²) in [6.45, 7) is 6.85. The van der Waals surface area contributed by atoms with Crippen molar-refractivity contribution in [1.29, 1.82) is 0 Å². The number of morpholine rings is 1. The van der Waals surface area contributed by atoms with Gasteiger partial charge >= 0.3 is 6.09 Å². The van der Waals surface area contributed by atoms with Crippen molar-refractivity contribution < 1.29 is 19.1 Å². The summed E-state index contributed by atoms with van der Waals surface area (Å²) in [7, 11) is 5.43. The molecule has 2 aromatic rings. The second-order valence-electron chi connectivity index (χ2n) is 9.37. The first-order chi connectivity index (χ1) is 15.9. The molecule has 1 fully saturated rings. The number of rotatable bonds is 5. The van der Waals surface area contributed by atoms with Crippen LogP contribution >= 0.6 is 11.6 Å². The van der Waals surface area contributed by atoms with Gasteiger partial charge in [0.15, 0.2) is 0 Å². The maximum atomic E-state index is 12.8. The summed E-state index contributed by atoms with van der Waals surface area (Å²) in [5.41, 5.74) is 1.27. The summed E-state index contributed by atoms with van der Waals surface area (Å²) in [6.07, 6.45) is 0.230. The van der Waals surface area contributed by atoms with E-state index in [2.05, 4.69) is 20.3 Å². The first kappa shape index (κ1) is 25.8. The van der Waals surface area contributed by atoms with Crippen molar-refractivity contribution >= 4 is 23.6 Å². The van der Waals surface area contributed by atoms with E-state index in [0.717, 1.165) is 5.56 Å². The Morgan fingerprint density at radius 2 is 1.94 bits per heavy atom. The number of ether oxygens (including phenoxy) is 2. The molecule has 34 heavy (non-hydrogen) atoms. The molecule has 2 unspecified atom stereocenters. The zero-order valence-electron chi connectivity index (χ0n) is 20.3. The molecule has 2 aromatic heterocycles. The zero-order valence-corrected chi connectivity index (χ0v) is 21.1. The normalized spacial score (nSPS) is 18.6. The Balaban J connectivity index is 1.93. The molecule has 184 valence electrons. The minimum Gasteiger partial charge on any atom is -0.444 e. The van der Waals surface area contributed by atoms with Gasteiger partial charge in [0, 0.05) is 13.6 Å². The van der Waals surface area contributed by atoms with E-state index in [1.165, 1.54) is 13.4 Å². The van der Waals surface area contributed by atoms with Gasteiger partial charge in [-0.25, -0.2) is 19.7 Å². The lowest BCUT2D eigenvalue weighted by Crippen LogP contribution is -2.51. The van der Waals surface area contributed by atoms with E-state index in [4.69, 9.17) is 21.1 Å². The molecule has 0 spiro atoms. The first-order valence-corrected chi connectivity index (χ1v) is 11.3. The van der Waals surface area contributed by atoms with Crippen LogP contribution in [0.1, 0.15) is 42.9 Å². The first-order valence-electron chi connectivity index (χ1n) is 10.9. The van der Waals surface area contributed by atoms with Crippen LogP contribution in [0, 0.1) is 0 Å². The number of hydrogen-bond donors (Lipinski definition) is 1. The second kappa shape index (κ2) is 10.6. The molecular weight excluding hydrogens is 460 g/mol. The van der Waals surface area contributed by atoms with Gasteiger partial charge in [0.1, 0.15) is 28.9 Å². The van der Waals surface area contributed by atoms with Crippen LogP contribution in [0.4, 0.5) is 4.79 Å². The molecule has 2 atom stereocenters. The summed E-state index contributed by atoms with van der Waals surface area (Å²) in [5, 5.41) is 2.78. The molecule has 0 bridgehead atoms. The average molecular weight is 491 g/mol. The van der Waals surface area contributed by atoms with Crippen molar-refractivity contribution in [2.75, 3.05) is 40.8 Å². The highest BCUT2D eigenvalue weighted by atomic mass is 35.5. The van der Waals surface area contributed by atoms with Crippen molar-refractivity contribution in [3.8, 4) is 11.4 Å². The van der Waals surface area contributed by atoms with E-state index in [9.17, 15) is 9.59 Å². The molecule has 0 radical (unpaired) electrons. The van der Waals surface area contributed by atoms with Crippen LogP contribution in [0.25, 0.3) is 11.4 Å². The van der Waals surface area contributed by atoms with Crippen LogP contribution in [0.2, 0.25) is 5.15 Å². The average Bonchev–Trinajstić information content (AvgIpc) is 2.76. The van der Waals surface area contributed by atoms with Crippen molar-refractivity contribution in [3.63, 3.8) is 0 Å². The number of amides is 2. The van der Waals surface area contributed by atoms with E-state index >= 15 is 0 Å². The summed E-state index contributed by atoms with van der Waals surface area (Å²) in [6, 6.07) is 5.06. The van der Waals surface area contributed by atoms with E-state index in [1.54, 1.807) is 23.1 Å². The van der Waals surface area contributed by atoms with Gasteiger partial charge in [0.2, 0.25) is 0 Å². The third kappa shape index (κ3) is 6.85. The molecule has 3 rings (SSSR count). The number of aromatic nitrogens is 3. The lowest BCUT2D eigenvalue weighted by Gasteiger charge is -2.39. The number of carbonyl (C=O) groups is 2. The van der Waals surface area contributed by atoms with Crippen LogP contribution in [-0.4, -0.2) is 89.2 Å². The fourth-order valence-electron chi connectivity index (χ4n) is 3.59. The molecule has 1 aliphatic rings. The molecule has 11 heteroatoms. The van der Waals surface area contributed by atoms with Crippen LogP contribution in [0.3, 0.4) is 0 Å². The molecule has 1 aliphatic heterocycles. The van der Waals surface area contributed by atoms with Gasteiger partial charge in [-0.15, -0.1) is 0 Å². The molecule has 1 N–H and O–H groups in total. The van der Waals surface area contributed by atoms with Gasteiger partial charge < -0.3 is 24.6 Å².